The van der Waals surface area contributed by atoms with Crippen LogP contribution in [0.1, 0.15) is 13.8 Å². The van der Waals surface area contributed by atoms with Gasteiger partial charge in [0.25, 0.3) is 0 Å². The van der Waals surface area contributed by atoms with Gasteiger partial charge in [0, 0.05) is 10.7 Å². The van der Waals surface area contributed by atoms with Crippen molar-refractivity contribution < 1.29 is 19.1 Å². The Bertz CT molecular complexity index is 559. The van der Waals surface area contributed by atoms with Crippen LogP contribution in [0.25, 0.3) is 0 Å². The first kappa shape index (κ1) is 21.2. The van der Waals surface area contributed by atoms with Crippen LogP contribution in [0.2, 0.25) is 5.02 Å². The quantitative estimate of drug-likeness (QED) is 0.409. The van der Waals surface area contributed by atoms with Crippen molar-refractivity contribution in [1.29, 1.82) is 0 Å². The van der Waals surface area contributed by atoms with Crippen LogP contribution in [0, 0.1) is 5.92 Å². The van der Waals surface area contributed by atoms with Gasteiger partial charge < -0.3 is 14.8 Å². The van der Waals surface area contributed by atoms with Crippen LogP contribution in [0.5, 0.6) is 0 Å². The number of esters is 2. The number of rotatable bonds is 7. The summed E-state index contributed by atoms with van der Waals surface area (Å²) in [6.45, 7) is 3.35. The first-order valence-corrected chi connectivity index (χ1v) is 8.64. The monoisotopic (exact) mass is 415 g/mol. The maximum absolute atomic E-state index is 12.2. The van der Waals surface area contributed by atoms with Gasteiger partial charge in [-0.3, -0.25) is 9.59 Å². The van der Waals surface area contributed by atoms with E-state index in [1.54, 1.807) is 38.1 Å². The van der Waals surface area contributed by atoms with Crippen molar-refractivity contribution in [3.8, 4) is 0 Å². The molecule has 0 spiro atoms. The van der Waals surface area contributed by atoms with E-state index in [0.29, 0.717) is 10.7 Å². The van der Waals surface area contributed by atoms with Crippen LogP contribution in [0.15, 0.2) is 24.3 Å². The van der Waals surface area contributed by atoms with Crippen molar-refractivity contribution in [2.75, 3.05) is 18.5 Å². The average molecular weight is 417 g/mol. The molecule has 134 valence electrons. The van der Waals surface area contributed by atoms with E-state index < -0.39 is 27.7 Å². The fourth-order valence-corrected chi connectivity index (χ4v) is 2.68. The lowest BCUT2D eigenvalue weighted by Gasteiger charge is -2.31. The summed E-state index contributed by atoms with van der Waals surface area (Å²) in [5.74, 6) is -3.15. The SMILES string of the molecule is CCOC(=O)C(C(=O)OCC)C(Nc1cccc(Cl)c1)C(Cl)(Cl)Cl. The molecule has 1 aromatic rings. The molecule has 1 N–H and O–H groups in total. The molecule has 0 saturated heterocycles. The highest BCUT2D eigenvalue weighted by Crippen LogP contribution is 2.37. The van der Waals surface area contributed by atoms with Gasteiger partial charge in [0.2, 0.25) is 3.79 Å². The van der Waals surface area contributed by atoms with Crippen molar-refractivity contribution in [3.05, 3.63) is 29.3 Å². The molecule has 5 nitrogen and oxygen atoms in total. The number of nitrogens with one attached hydrogen (secondary N) is 1. The molecule has 1 aromatic carbocycles. The minimum atomic E-state index is -1.99. The number of hydrogen-bond donors (Lipinski definition) is 1. The normalized spacial score (nSPS) is 12.6. The third kappa shape index (κ3) is 6.20. The predicted octanol–water partition coefficient (Wildman–Crippen LogP) is 4.23. The number of carbonyl (C=O) groups excluding carboxylic acids is 2. The van der Waals surface area contributed by atoms with Gasteiger partial charge in [-0.2, -0.15) is 0 Å². The van der Waals surface area contributed by atoms with Crippen molar-refractivity contribution in [3.63, 3.8) is 0 Å². The highest BCUT2D eigenvalue weighted by Gasteiger charge is 2.48. The van der Waals surface area contributed by atoms with E-state index >= 15 is 0 Å². The molecule has 0 saturated carbocycles. The molecule has 0 amide bonds. The Balaban J connectivity index is 3.21. The van der Waals surface area contributed by atoms with Crippen molar-refractivity contribution in [1.82, 2.24) is 0 Å². The summed E-state index contributed by atoms with van der Waals surface area (Å²) < 4.78 is 7.86. The van der Waals surface area contributed by atoms with Gasteiger partial charge in [0.05, 0.1) is 19.3 Å². The Morgan fingerprint density at radius 1 is 1.12 bits per heavy atom. The average Bonchev–Trinajstić information content (AvgIpc) is 2.46. The molecular weight excluding hydrogens is 400 g/mol. The van der Waals surface area contributed by atoms with Gasteiger partial charge in [-0.15, -0.1) is 0 Å². The second-order valence-electron chi connectivity index (χ2n) is 4.66. The van der Waals surface area contributed by atoms with E-state index in [9.17, 15) is 9.59 Å². The van der Waals surface area contributed by atoms with Gasteiger partial charge in [-0.05, 0) is 32.0 Å². The molecule has 0 bridgehead atoms. The summed E-state index contributed by atoms with van der Waals surface area (Å²) in [6, 6.07) is 5.33. The predicted molar refractivity (Wildman–Crippen MR) is 95.9 cm³/mol. The molecule has 0 fully saturated rings. The fourth-order valence-electron chi connectivity index (χ4n) is 1.94. The Kier molecular flexibility index (Phi) is 8.43. The summed E-state index contributed by atoms with van der Waals surface area (Å²) >= 11 is 23.9. The zero-order chi connectivity index (χ0) is 18.3. The van der Waals surface area contributed by atoms with E-state index in [-0.39, 0.29) is 13.2 Å². The van der Waals surface area contributed by atoms with Gasteiger partial charge in [0.15, 0.2) is 5.92 Å². The summed E-state index contributed by atoms with van der Waals surface area (Å²) in [5, 5.41) is 3.29. The number of anilines is 1. The highest BCUT2D eigenvalue weighted by atomic mass is 35.6. The lowest BCUT2D eigenvalue weighted by Crippen LogP contribution is -2.49. The molecule has 1 atom stereocenters. The summed E-state index contributed by atoms with van der Waals surface area (Å²) in [6.07, 6.45) is 0. The van der Waals surface area contributed by atoms with Crippen LogP contribution < -0.4 is 5.32 Å². The number of alkyl halides is 3. The summed E-state index contributed by atoms with van der Waals surface area (Å²) in [4.78, 5) is 24.5. The van der Waals surface area contributed by atoms with Gasteiger partial charge >= 0.3 is 11.9 Å². The number of benzene rings is 1. The molecule has 0 aliphatic rings. The van der Waals surface area contributed by atoms with Crippen LogP contribution in [-0.4, -0.2) is 35.0 Å². The number of ether oxygens (including phenoxy) is 2. The summed E-state index contributed by atoms with van der Waals surface area (Å²) in [5.41, 5.74) is 0.470. The fraction of sp³-hybridized carbons (Fsp3) is 0.467. The zero-order valence-electron chi connectivity index (χ0n) is 13.0. The van der Waals surface area contributed by atoms with Crippen LogP contribution >= 0.6 is 46.4 Å². The van der Waals surface area contributed by atoms with E-state index in [1.165, 1.54) is 0 Å². The molecular formula is C15H17Cl4NO4. The van der Waals surface area contributed by atoms with Gasteiger partial charge in [-0.1, -0.05) is 52.5 Å². The standard InChI is InChI=1S/C15H17Cl4NO4/c1-3-23-13(21)11(14(22)24-4-2)12(15(17,18)19)20-10-7-5-6-9(16)8-10/h5-8,11-12,20H,3-4H2,1-2H3. The molecule has 0 aromatic heterocycles. The third-order valence-electron chi connectivity index (χ3n) is 2.91. The van der Waals surface area contributed by atoms with Crippen LogP contribution in [0.4, 0.5) is 5.69 Å². The second-order valence-corrected chi connectivity index (χ2v) is 7.46. The summed E-state index contributed by atoms with van der Waals surface area (Å²) in [7, 11) is 0. The largest absolute Gasteiger partial charge is 0.465 e. The first-order valence-electron chi connectivity index (χ1n) is 7.12. The van der Waals surface area contributed by atoms with Crippen molar-refractivity contribution in [2.45, 2.75) is 23.7 Å². The smallest absolute Gasteiger partial charge is 0.322 e. The number of hydrogen-bond acceptors (Lipinski definition) is 5. The first-order chi connectivity index (χ1) is 11.2. The van der Waals surface area contributed by atoms with Crippen molar-refractivity contribution >= 4 is 64.0 Å². The molecule has 9 heteroatoms. The molecule has 1 rings (SSSR count). The Labute approximate surface area is 160 Å². The Hall–Kier alpha value is -0.880. The van der Waals surface area contributed by atoms with Crippen LogP contribution in [0.3, 0.4) is 0 Å². The second kappa shape index (κ2) is 9.56. The minimum Gasteiger partial charge on any atom is -0.465 e. The van der Waals surface area contributed by atoms with Crippen LogP contribution in [-0.2, 0) is 19.1 Å². The topological polar surface area (TPSA) is 64.6 Å². The van der Waals surface area contributed by atoms with E-state index in [1.807, 2.05) is 0 Å². The maximum Gasteiger partial charge on any atom is 0.322 e. The third-order valence-corrected chi connectivity index (χ3v) is 3.85. The molecule has 24 heavy (non-hydrogen) atoms. The lowest BCUT2D eigenvalue weighted by atomic mass is 10.0. The maximum atomic E-state index is 12.2. The minimum absolute atomic E-state index is 0.0679. The molecule has 0 radical (unpaired) electrons. The van der Waals surface area contributed by atoms with Crippen molar-refractivity contribution in [2.24, 2.45) is 5.92 Å². The van der Waals surface area contributed by atoms with E-state index in [2.05, 4.69) is 5.32 Å². The number of halogens is 4. The Morgan fingerprint density at radius 3 is 2.08 bits per heavy atom. The van der Waals surface area contributed by atoms with E-state index in [4.69, 9.17) is 55.9 Å². The van der Waals surface area contributed by atoms with Gasteiger partial charge in [-0.25, -0.2) is 0 Å². The zero-order valence-corrected chi connectivity index (χ0v) is 16.0. The van der Waals surface area contributed by atoms with Gasteiger partial charge in [0.1, 0.15) is 0 Å². The number of carbonyl (C=O) groups is 2. The van der Waals surface area contributed by atoms with E-state index in [0.717, 1.165) is 0 Å². The molecule has 0 aliphatic carbocycles. The Morgan fingerprint density at radius 2 is 1.67 bits per heavy atom. The highest BCUT2D eigenvalue weighted by molar-refractivity contribution is 6.68. The molecule has 1 unspecified atom stereocenters. The lowest BCUT2D eigenvalue weighted by molar-refractivity contribution is -0.162. The molecule has 0 heterocycles. The molecule has 0 aliphatic heterocycles.